The Labute approximate surface area is 159 Å². The molecule has 2 aromatic rings. The van der Waals surface area contributed by atoms with Gasteiger partial charge in [0.25, 0.3) is 0 Å². The predicted octanol–water partition coefficient (Wildman–Crippen LogP) is 3.56. The van der Waals surface area contributed by atoms with Crippen molar-refractivity contribution in [3.8, 4) is 17.2 Å². The normalized spacial score (nSPS) is 13.5. The van der Waals surface area contributed by atoms with Crippen molar-refractivity contribution in [3.05, 3.63) is 59.7 Å². The summed E-state index contributed by atoms with van der Waals surface area (Å²) in [5, 5.41) is 12.1. The van der Waals surface area contributed by atoms with E-state index in [0.717, 1.165) is 11.1 Å². The Morgan fingerprint density at radius 3 is 2.67 bits per heavy atom. The smallest absolute Gasteiger partial charge is 0.244 e. The molecule has 0 bridgehead atoms. The second-order valence-corrected chi connectivity index (χ2v) is 6.71. The second kappa shape index (κ2) is 9.12. The van der Waals surface area contributed by atoms with Crippen molar-refractivity contribution < 1.29 is 19.4 Å². The number of hydrogen-bond donors (Lipinski definition) is 2. The molecular formula is C22H25NO4. The molecule has 1 amide bonds. The molecule has 0 radical (unpaired) electrons. The van der Waals surface area contributed by atoms with Crippen molar-refractivity contribution in [1.82, 2.24) is 5.32 Å². The standard InChI is InChI=1S/C22H25NO4/c1-26-20-10-6-17(14-21(20)27-15-18-2-3-18)7-11-22(25)23-13-12-16-4-8-19(24)9-5-16/h4-11,14,18,24H,2-3,12-13,15H2,1H3,(H,23,25). The van der Waals surface area contributed by atoms with Crippen molar-refractivity contribution >= 4 is 12.0 Å². The van der Waals surface area contributed by atoms with Crippen molar-refractivity contribution in [2.45, 2.75) is 19.3 Å². The van der Waals surface area contributed by atoms with Crippen LogP contribution >= 0.6 is 0 Å². The highest BCUT2D eigenvalue weighted by molar-refractivity contribution is 5.91. The number of carbonyl (C=O) groups is 1. The zero-order valence-electron chi connectivity index (χ0n) is 15.5. The molecular weight excluding hydrogens is 342 g/mol. The van der Waals surface area contributed by atoms with E-state index in [1.165, 1.54) is 18.9 Å². The van der Waals surface area contributed by atoms with Gasteiger partial charge in [-0.1, -0.05) is 18.2 Å². The van der Waals surface area contributed by atoms with Gasteiger partial charge >= 0.3 is 0 Å². The van der Waals surface area contributed by atoms with Gasteiger partial charge in [-0.2, -0.15) is 0 Å². The Morgan fingerprint density at radius 2 is 1.96 bits per heavy atom. The number of ether oxygens (including phenoxy) is 2. The van der Waals surface area contributed by atoms with E-state index in [9.17, 15) is 9.90 Å². The average Bonchev–Trinajstić information content (AvgIpc) is 3.51. The fourth-order valence-electron chi connectivity index (χ4n) is 2.63. The van der Waals surface area contributed by atoms with Gasteiger partial charge in [-0.25, -0.2) is 0 Å². The highest BCUT2D eigenvalue weighted by Gasteiger charge is 2.22. The maximum atomic E-state index is 12.0. The number of benzene rings is 2. The molecule has 0 saturated heterocycles. The molecule has 1 aliphatic carbocycles. The van der Waals surface area contributed by atoms with Crippen LogP contribution in [0.15, 0.2) is 48.5 Å². The summed E-state index contributed by atoms with van der Waals surface area (Å²) in [6.07, 6.45) is 6.45. The molecule has 142 valence electrons. The fraction of sp³-hybridized carbons (Fsp3) is 0.318. The number of aromatic hydroxyl groups is 1. The molecule has 0 aromatic heterocycles. The van der Waals surface area contributed by atoms with Gasteiger partial charge in [0, 0.05) is 12.6 Å². The minimum atomic E-state index is -0.148. The molecule has 0 unspecified atom stereocenters. The van der Waals surface area contributed by atoms with Crippen LogP contribution in [0, 0.1) is 5.92 Å². The SMILES string of the molecule is COc1ccc(C=CC(=O)NCCc2ccc(O)cc2)cc1OCC1CC1. The van der Waals surface area contributed by atoms with Crippen molar-refractivity contribution in [3.63, 3.8) is 0 Å². The number of hydrogen-bond acceptors (Lipinski definition) is 4. The van der Waals surface area contributed by atoms with Gasteiger partial charge in [-0.3, -0.25) is 4.79 Å². The first-order valence-electron chi connectivity index (χ1n) is 9.18. The molecule has 0 heterocycles. The van der Waals surface area contributed by atoms with Crippen LogP contribution in [0.25, 0.3) is 6.08 Å². The third-order valence-electron chi connectivity index (χ3n) is 4.44. The summed E-state index contributed by atoms with van der Waals surface area (Å²) < 4.78 is 11.2. The predicted molar refractivity (Wildman–Crippen MR) is 105 cm³/mol. The third kappa shape index (κ3) is 6.06. The van der Waals surface area contributed by atoms with Crippen LogP contribution in [0.5, 0.6) is 17.2 Å². The van der Waals surface area contributed by atoms with Gasteiger partial charge in [0.15, 0.2) is 11.5 Å². The molecule has 0 atom stereocenters. The minimum Gasteiger partial charge on any atom is -0.508 e. The van der Waals surface area contributed by atoms with Crippen LogP contribution in [-0.2, 0) is 11.2 Å². The largest absolute Gasteiger partial charge is 0.508 e. The highest BCUT2D eigenvalue weighted by atomic mass is 16.5. The quantitative estimate of drug-likeness (QED) is 0.665. The Bertz CT molecular complexity index is 794. The summed E-state index contributed by atoms with van der Waals surface area (Å²) in [6.45, 7) is 1.24. The second-order valence-electron chi connectivity index (χ2n) is 6.71. The van der Waals surface area contributed by atoms with Gasteiger partial charge in [-0.05, 0) is 66.6 Å². The summed E-state index contributed by atoms with van der Waals surface area (Å²) in [5.74, 6) is 2.16. The number of carbonyl (C=O) groups excluding carboxylic acids is 1. The lowest BCUT2D eigenvalue weighted by Gasteiger charge is -2.11. The van der Waals surface area contributed by atoms with E-state index in [1.807, 2.05) is 30.3 Å². The van der Waals surface area contributed by atoms with Crippen LogP contribution in [0.1, 0.15) is 24.0 Å². The van der Waals surface area contributed by atoms with Crippen LogP contribution in [0.4, 0.5) is 0 Å². The zero-order valence-corrected chi connectivity index (χ0v) is 15.5. The monoisotopic (exact) mass is 367 g/mol. The topological polar surface area (TPSA) is 67.8 Å². The average molecular weight is 367 g/mol. The van der Waals surface area contributed by atoms with E-state index >= 15 is 0 Å². The van der Waals surface area contributed by atoms with Gasteiger partial charge in [-0.15, -0.1) is 0 Å². The molecule has 2 N–H and O–H groups in total. The zero-order chi connectivity index (χ0) is 19.1. The van der Waals surface area contributed by atoms with Crippen LogP contribution in [0.2, 0.25) is 0 Å². The summed E-state index contributed by atoms with van der Waals surface area (Å²) in [5.41, 5.74) is 1.94. The van der Waals surface area contributed by atoms with Gasteiger partial charge < -0.3 is 19.9 Å². The maximum Gasteiger partial charge on any atom is 0.244 e. The number of phenolic OH excluding ortho intramolecular Hbond substituents is 1. The first kappa shape index (κ1) is 18.8. The Balaban J connectivity index is 1.50. The van der Waals surface area contributed by atoms with Gasteiger partial charge in [0.2, 0.25) is 5.91 Å². The number of amides is 1. The number of nitrogens with one attached hydrogen (secondary N) is 1. The summed E-state index contributed by atoms with van der Waals surface area (Å²) in [4.78, 5) is 12.0. The van der Waals surface area contributed by atoms with E-state index < -0.39 is 0 Å². The molecule has 0 spiro atoms. The molecule has 5 heteroatoms. The molecule has 0 aliphatic heterocycles. The van der Waals surface area contributed by atoms with Crippen LogP contribution in [0.3, 0.4) is 0 Å². The van der Waals surface area contributed by atoms with Crippen molar-refractivity contribution in [2.24, 2.45) is 5.92 Å². The summed E-state index contributed by atoms with van der Waals surface area (Å²) >= 11 is 0. The Morgan fingerprint density at radius 1 is 1.19 bits per heavy atom. The van der Waals surface area contributed by atoms with Crippen molar-refractivity contribution in [2.75, 3.05) is 20.3 Å². The van der Waals surface area contributed by atoms with Crippen LogP contribution in [-0.4, -0.2) is 31.3 Å². The van der Waals surface area contributed by atoms with Gasteiger partial charge in [0.1, 0.15) is 5.75 Å². The Kier molecular flexibility index (Phi) is 6.36. The van der Waals surface area contributed by atoms with E-state index in [4.69, 9.17) is 9.47 Å². The number of phenols is 1. The van der Waals surface area contributed by atoms with Crippen molar-refractivity contribution in [1.29, 1.82) is 0 Å². The molecule has 27 heavy (non-hydrogen) atoms. The molecule has 2 aromatic carbocycles. The maximum absolute atomic E-state index is 12.0. The molecule has 1 fully saturated rings. The van der Waals surface area contributed by atoms with E-state index in [0.29, 0.717) is 37.0 Å². The molecule has 1 aliphatic rings. The number of rotatable bonds is 9. The summed E-state index contributed by atoms with van der Waals surface area (Å²) in [7, 11) is 1.62. The minimum absolute atomic E-state index is 0.148. The first-order valence-corrected chi connectivity index (χ1v) is 9.18. The fourth-order valence-corrected chi connectivity index (χ4v) is 2.63. The number of methoxy groups -OCH3 is 1. The lowest BCUT2D eigenvalue weighted by atomic mass is 10.1. The summed E-state index contributed by atoms with van der Waals surface area (Å²) in [6, 6.07) is 12.6. The highest BCUT2D eigenvalue weighted by Crippen LogP contribution is 2.33. The lowest BCUT2D eigenvalue weighted by molar-refractivity contribution is -0.116. The molecule has 1 saturated carbocycles. The van der Waals surface area contributed by atoms with Gasteiger partial charge in [0.05, 0.1) is 13.7 Å². The molecule has 3 rings (SSSR count). The van der Waals surface area contributed by atoms with Crippen LogP contribution < -0.4 is 14.8 Å². The van der Waals surface area contributed by atoms with E-state index in [1.54, 1.807) is 25.3 Å². The Hall–Kier alpha value is -2.95. The molecule has 5 nitrogen and oxygen atoms in total. The van der Waals surface area contributed by atoms with E-state index in [-0.39, 0.29) is 11.7 Å². The lowest BCUT2D eigenvalue weighted by Crippen LogP contribution is -2.23. The van der Waals surface area contributed by atoms with E-state index in [2.05, 4.69) is 5.32 Å². The third-order valence-corrected chi connectivity index (χ3v) is 4.44. The first-order chi connectivity index (χ1) is 13.1.